The minimum Gasteiger partial charge on any atom is -0.493 e. The molecule has 5 nitrogen and oxygen atoms in total. The number of benzene rings is 1. The standard InChI is InChI=1S/C22H34O5/c1-4-7-8-9-10-11-12-13-16-25-18-14-15-19(26-21(23)5-2)20(17-18)27-22(24)6-3/h14-15,17H,4-13,16H2,1-3H3. The average Bonchev–Trinajstić information content (AvgIpc) is 2.68. The van der Waals surface area contributed by atoms with Gasteiger partial charge in [0, 0.05) is 18.9 Å². The highest BCUT2D eigenvalue weighted by Gasteiger charge is 2.14. The first-order chi connectivity index (χ1) is 13.1. The zero-order valence-corrected chi connectivity index (χ0v) is 17.1. The Morgan fingerprint density at radius 1 is 0.741 bits per heavy atom. The van der Waals surface area contributed by atoms with Gasteiger partial charge < -0.3 is 14.2 Å². The molecule has 0 fully saturated rings. The van der Waals surface area contributed by atoms with Gasteiger partial charge in [-0.3, -0.25) is 9.59 Å². The molecule has 0 radical (unpaired) electrons. The Hall–Kier alpha value is -2.04. The Bertz CT molecular complexity index is 568. The molecular weight excluding hydrogens is 344 g/mol. The van der Waals surface area contributed by atoms with Gasteiger partial charge in [0.15, 0.2) is 11.5 Å². The third kappa shape index (κ3) is 10.0. The highest BCUT2D eigenvalue weighted by atomic mass is 16.6. The highest BCUT2D eigenvalue weighted by molar-refractivity contribution is 5.76. The summed E-state index contributed by atoms with van der Waals surface area (Å²) in [5.74, 6) is 0.300. The van der Waals surface area contributed by atoms with Crippen molar-refractivity contribution in [1.29, 1.82) is 0 Å². The molecule has 0 N–H and O–H groups in total. The average molecular weight is 379 g/mol. The molecule has 0 saturated carbocycles. The minimum absolute atomic E-state index is 0.220. The van der Waals surface area contributed by atoms with Crippen LogP contribution >= 0.6 is 0 Å². The molecule has 0 atom stereocenters. The number of carbonyl (C=O) groups excluding carboxylic acids is 2. The van der Waals surface area contributed by atoms with E-state index in [1.165, 1.54) is 38.5 Å². The molecule has 0 spiro atoms. The second-order valence-corrected chi connectivity index (χ2v) is 6.59. The smallest absolute Gasteiger partial charge is 0.311 e. The van der Waals surface area contributed by atoms with Crippen molar-refractivity contribution in [3.05, 3.63) is 18.2 Å². The van der Waals surface area contributed by atoms with E-state index >= 15 is 0 Å². The summed E-state index contributed by atoms with van der Waals surface area (Å²) in [6, 6.07) is 4.94. The number of esters is 2. The molecule has 0 bridgehead atoms. The third-order valence-corrected chi connectivity index (χ3v) is 4.21. The first-order valence-corrected chi connectivity index (χ1v) is 10.3. The summed E-state index contributed by atoms with van der Waals surface area (Å²) in [4.78, 5) is 23.2. The lowest BCUT2D eigenvalue weighted by Crippen LogP contribution is -2.10. The van der Waals surface area contributed by atoms with Crippen LogP contribution < -0.4 is 14.2 Å². The number of hydrogen-bond acceptors (Lipinski definition) is 5. The zero-order valence-electron chi connectivity index (χ0n) is 17.1. The van der Waals surface area contributed by atoms with E-state index < -0.39 is 0 Å². The summed E-state index contributed by atoms with van der Waals surface area (Å²) in [6.07, 6.45) is 10.4. The number of hydrogen-bond donors (Lipinski definition) is 0. The van der Waals surface area contributed by atoms with Crippen molar-refractivity contribution < 1.29 is 23.8 Å². The summed E-state index contributed by atoms with van der Waals surface area (Å²) < 4.78 is 16.3. The van der Waals surface area contributed by atoms with Crippen molar-refractivity contribution in [2.24, 2.45) is 0 Å². The first kappa shape index (κ1) is 23.0. The van der Waals surface area contributed by atoms with E-state index in [0.717, 1.165) is 12.8 Å². The van der Waals surface area contributed by atoms with Crippen LogP contribution in [0.15, 0.2) is 18.2 Å². The normalized spacial score (nSPS) is 10.5. The molecule has 27 heavy (non-hydrogen) atoms. The van der Waals surface area contributed by atoms with E-state index in [-0.39, 0.29) is 36.3 Å². The molecule has 1 aromatic rings. The van der Waals surface area contributed by atoms with Crippen LogP contribution in [0, 0.1) is 0 Å². The fourth-order valence-corrected chi connectivity index (χ4v) is 2.56. The van der Waals surface area contributed by atoms with Crippen LogP contribution in [0.25, 0.3) is 0 Å². The van der Waals surface area contributed by atoms with Crippen LogP contribution in [0.4, 0.5) is 0 Å². The van der Waals surface area contributed by atoms with Crippen LogP contribution in [-0.4, -0.2) is 18.5 Å². The third-order valence-electron chi connectivity index (χ3n) is 4.21. The van der Waals surface area contributed by atoms with Crippen LogP contribution in [0.5, 0.6) is 17.2 Å². The summed E-state index contributed by atoms with van der Waals surface area (Å²) in [7, 11) is 0. The Morgan fingerprint density at radius 2 is 1.30 bits per heavy atom. The number of carbonyl (C=O) groups is 2. The molecule has 1 rings (SSSR count). The van der Waals surface area contributed by atoms with Crippen LogP contribution in [-0.2, 0) is 9.59 Å². The minimum atomic E-state index is -0.385. The lowest BCUT2D eigenvalue weighted by molar-refractivity contribution is -0.136. The monoisotopic (exact) mass is 378 g/mol. The molecule has 0 heterocycles. The van der Waals surface area contributed by atoms with E-state index in [4.69, 9.17) is 14.2 Å². The molecule has 0 aliphatic rings. The van der Waals surface area contributed by atoms with Gasteiger partial charge in [0.2, 0.25) is 0 Å². The molecule has 0 unspecified atom stereocenters. The lowest BCUT2D eigenvalue weighted by Gasteiger charge is -2.12. The van der Waals surface area contributed by atoms with E-state index in [2.05, 4.69) is 6.92 Å². The van der Waals surface area contributed by atoms with Gasteiger partial charge in [-0.2, -0.15) is 0 Å². The maximum Gasteiger partial charge on any atom is 0.311 e. The summed E-state index contributed by atoms with van der Waals surface area (Å²) >= 11 is 0. The molecule has 0 amide bonds. The van der Waals surface area contributed by atoms with Gasteiger partial charge in [-0.25, -0.2) is 0 Å². The predicted octanol–water partition coefficient (Wildman–Crippen LogP) is 5.84. The molecular formula is C22H34O5. The molecule has 0 aliphatic heterocycles. The SMILES string of the molecule is CCCCCCCCCCOc1ccc(OC(=O)CC)c(OC(=O)CC)c1. The van der Waals surface area contributed by atoms with E-state index in [1.807, 2.05) is 0 Å². The predicted molar refractivity (Wildman–Crippen MR) is 106 cm³/mol. The highest BCUT2D eigenvalue weighted by Crippen LogP contribution is 2.32. The Morgan fingerprint density at radius 3 is 1.89 bits per heavy atom. The first-order valence-electron chi connectivity index (χ1n) is 10.3. The van der Waals surface area contributed by atoms with Gasteiger partial charge in [0.1, 0.15) is 5.75 Å². The van der Waals surface area contributed by atoms with Gasteiger partial charge in [-0.1, -0.05) is 65.7 Å². The molecule has 0 aromatic heterocycles. The summed E-state index contributed by atoms with van der Waals surface area (Å²) in [6.45, 7) is 6.26. The quantitative estimate of drug-likeness (QED) is 0.231. The van der Waals surface area contributed by atoms with Crippen LogP contribution in [0.1, 0.15) is 85.0 Å². The van der Waals surface area contributed by atoms with E-state index in [0.29, 0.717) is 12.4 Å². The maximum atomic E-state index is 11.6. The topological polar surface area (TPSA) is 61.8 Å². The molecule has 0 saturated heterocycles. The number of ether oxygens (including phenoxy) is 3. The fourth-order valence-electron chi connectivity index (χ4n) is 2.56. The Balaban J connectivity index is 2.47. The van der Waals surface area contributed by atoms with E-state index in [1.54, 1.807) is 32.0 Å². The van der Waals surface area contributed by atoms with Gasteiger partial charge in [-0.15, -0.1) is 0 Å². The van der Waals surface area contributed by atoms with Gasteiger partial charge in [0.05, 0.1) is 6.61 Å². The summed E-state index contributed by atoms with van der Waals surface area (Å²) in [5, 5.41) is 0. The van der Waals surface area contributed by atoms with Crippen molar-refractivity contribution >= 4 is 11.9 Å². The van der Waals surface area contributed by atoms with Crippen LogP contribution in [0.2, 0.25) is 0 Å². The lowest BCUT2D eigenvalue weighted by atomic mass is 10.1. The largest absolute Gasteiger partial charge is 0.493 e. The summed E-state index contributed by atoms with van der Waals surface area (Å²) in [5.41, 5.74) is 0. The van der Waals surface area contributed by atoms with Crippen molar-refractivity contribution in [3.8, 4) is 17.2 Å². The van der Waals surface area contributed by atoms with Gasteiger partial charge in [0.25, 0.3) is 0 Å². The van der Waals surface area contributed by atoms with Gasteiger partial charge in [-0.05, 0) is 18.6 Å². The molecule has 5 heteroatoms. The van der Waals surface area contributed by atoms with Crippen LogP contribution in [0.3, 0.4) is 0 Å². The zero-order chi connectivity index (χ0) is 19.9. The fraction of sp³-hybridized carbons (Fsp3) is 0.636. The second-order valence-electron chi connectivity index (χ2n) is 6.59. The Labute approximate surface area is 163 Å². The number of rotatable bonds is 14. The molecule has 0 aliphatic carbocycles. The van der Waals surface area contributed by atoms with Crippen molar-refractivity contribution in [1.82, 2.24) is 0 Å². The van der Waals surface area contributed by atoms with Gasteiger partial charge >= 0.3 is 11.9 Å². The van der Waals surface area contributed by atoms with Crippen molar-refractivity contribution in [2.75, 3.05) is 6.61 Å². The molecule has 152 valence electrons. The van der Waals surface area contributed by atoms with Crippen molar-refractivity contribution in [3.63, 3.8) is 0 Å². The maximum absolute atomic E-state index is 11.6. The number of unbranched alkanes of at least 4 members (excludes halogenated alkanes) is 7. The molecule has 1 aromatic carbocycles. The second kappa shape index (κ2) is 14.1. The van der Waals surface area contributed by atoms with Crippen molar-refractivity contribution in [2.45, 2.75) is 85.0 Å². The van der Waals surface area contributed by atoms with E-state index in [9.17, 15) is 9.59 Å². The Kier molecular flexibility index (Phi) is 12.0.